The summed E-state index contributed by atoms with van der Waals surface area (Å²) in [5, 5.41) is 0. The topological polar surface area (TPSA) is 134 Å². The number of carbonyl (C=O) groups excluding carboxylic acids is 2. The molecular weight excluding hydrogens is 978 g/mol. The van der Waals surface area contributed by atoms with Gasteiger partial charge < -0.3 is 20.1 Å². The van der Waals surface area contributed by atoms with Crippen LogP contribution in [-0.4, -0.2) is 49.3 Å². The lowest BCUT2D eigenvalue weighted by Gasteiger charge is -2.19. The molecule has 0 aliphatic carbocycles. The highest BCUT2D eigenvalue weighted by molar-refractivity contribution is 7.47. The fourth-order valence-electron chi connectivity index (χ4n) is 6.79. The molecule has 10 heteroatoms. The molecule has 0 fully saturated rings. The number of rotatable bonds is 51. The molecular formula is C67H102NO8P. The Hall–Kier alpha value is -5.15. The average molecular weight is 1080 g/mol. The summed E-state index contributed by atoms with van der Waals surface area (Å²) < 4.78 is 32.9. The van der Waals surface area contributed by atoms with Crippen molar-refractivity contribution in [2.75, 3.05) is 26.4 Å². The molecule has 0 rings (SSSR count). The summed E-state index contributed by atoms with van der Waals surface area (Å²) in [6.07, 6.45) is 92.0. The predicted molar refractivity (Wildman–Crippen MR) is 329 cm³/mol. The van der Waals surface area contributed by atoms with Crippen LogP contribution in [0.4, 0.5) is 0 Å². The maximum atomic E-state index is 12.7. The third-order valence-corrected chi connectivity index (χ3v) is 12.0. The van der Waals surface area contributed by atoms with Crippen LogP contribution in [0.25, 0.3) is 0 Å². The number of nitrogens with two attached hydrogens (primary N) is 1. The van der Waals surface area contributed by atoms with Crippen LogP contribution in [0.15, 0.2) is 194 Å². The predicted octanol–water partition coefficient (Wildman–Crippen LogP) is 18.6. The molecule has 0 aliphatic rings. The van der Waals surface area contributed by atoms with Crippen molar-refractivity contribution in [2.45, 2.75) is 187 Å². The van der Waals surface area contributed by atoms with Gasteiger partial charge in [0.1, 0.15) is 6.61 Å². The lowest BCUT2D eigenvalue weighted by Crippen LogP contribution is -2.29. The van der Waals surface area contributed by atoms with E-state index in [1.807, 2.05) is 6.08 Å². The van der Waals surface area contributed by atoms with Gasteiger partial charge in [0.05, 0.1) is 13.2 Å². The molecule has 2 unspecified atom stereocenters. The molecule has 0 aliphatic heterocycles. The largest absolute Gasteiger partial charge is 0.472 e. The second-order valence-corrected chi connectivity index (χ2v) is 19.5. The van der Waals surface area contributed by atoms with Gasteiger partial charge >= 0.3 is 19.8 Å². The number of allylic oxidation sites excluding steroid dienone is 32. The van der Waals surface area contributed by atoms with Crippen molar-refractivity contribution in [3.05, 3.63) is 194 Å². The van der Waals surface area contributed by atoms with E-state index in [0.717, 1.165) is 135 Å². The van der Waals surface area contributed by atoms with Crippen LogP contribution in [0.3, 0.4) is 0 Å². The van der Waals surface area contributed by atoms with Crippen molar-refractivity contribution in [3.63, 3.8) is 0 Å². The number of carbonyl (C=O) groups is 2. The normalized spacial score (nSPS) is 14.5. The van der Waals surface area contributed by atoms with Crippen LogP contribution in [0, 0.1) is 0 Å². The van der Waals surface area contributed by atoms with E-state index in [0.29, 0.717) is 19.3 Å². The summed E-state index contributed by atoms with van der Waals surface area (Å²) in [7, 11) is -4.43. The van der Waals surface area contributed by atoms with E-state index in [-0.39, 0.29) is 32.6 Å². The van der Waals surface area contributed by atoms with E-state index in [4.69, 9.17) is 24.3 Å². The molecule has 0 amide bonds. The molecule has 0 aromatic carbocycles. The van der Waals surface area contributed by atoms with E-state index in [2.05, 4.69) is 202 Å². The van der Waals surface area contributed by atoms with Crippen LogP contribution < -0.4 is 5.73 Å². The number of hydrogen-bond acceptors (Lipinski definition) is 8. The Balaban J connectivity index is 4.22. The van der Waals surface area contributed by atoms with Crippen LogP contribution in [0.2, 0.25) is 0 Å². The number of phosphoric ester groups is 1. The van der Waals surface area contributed by atoms with Gasteiger partial charge in [-0.15, -0.1) is 0 Å². The summed E-state index contributed by atoms with van der Waals surface area (Å²) in [6.45, 7) is 3.38. The first kappa shape index (κ1) is 71.8. The van der Waals surface area contributed by atoms with Gasteiger partial charge in [0.25, 0.3) is 0 Å². The zero-order valence-corrected chi connectivity index (χ0v) is 48.5. The molecule has 0 heterocycles. The summed E-state index contributed by atoms with van der Waals surface area (Å²) in [6, 6.07) is 0. The number of hydrogen-bond donors (Lipinski definition) is 2. The number of ether oxygens (including phenoxy) is 2. The van der Waals surface area contributed by atoms with Crippen LogP contribution in [0.5, 0.6) is 0 Å². The maximum Gasteiger partial charge on any atom is 0.472 e. The first-order valence-corrected chi connectivity index (χ1v) is 30.4. The molecule has 2 atom stereocenters. The van der Waals surface area contributed by atoms with Gasteiger partial charge in [0.15, 0.2) is 6.10 Å². The van der Waals surface area contributed by atoms with Crippen molar-refractivity contribution < 1.29 is 37.6 Å². The third kappa shape index (κ3) is 59.9. The van der Waals surface area contributed by atoms with E-state index in [1.165, 1.54) is 0 Å². The minimum absolute atomic E-state index is 0.0289. The monoisotopic (exact) mass is 1080 g/mol. The number of phosphoric acid groups is 1. The molecule has 0 spiro atoms. The first-order chi connectivity index (χ1) is 37.8. The van der Waals surface area contributed by atoms with Crippen LogP contribution >= 0.6 is 7.82 Å². The molecule has 3 N–H and O–H groups in total. The third-order valence-electron chi connectivity index (χ3n) is 11.0. The highest BCUT2D eigenvalue weighted by Crippen LogP contribution is 2.43. The van der Waals surface area contributed by atoms with Gasteiger partial charge in [-0.2, -0.15) is 0 Å². The highest BCUT2D eigenvalue weighted by atomic mass is 31.2. The zero-order chi connectivity index (χ0) is 55.9. The smallest absolute Gasteiger partial charge is 0.462 e. The van der Waals surface area contributed by atoms with E-state index in [1.54, 1.807) is 0 Å². The van der Waals surface area contributed by atoms with Crippen molar-refractivity contribution in [3.8, 4) is 0 Å². The number of esters is 2. The fraction of sp³-hybridized carbons (Fsp3) is 0.493. The van der Waals surface area contributed by atoms with Crippen LogP contribution in [0.1, 0.15) is 181 Å². The summed E-state index contributed by atoms with van der Waals surface area (Å²) in [5.74, 6) is -0.941. The van der Waals surface area contributed by atoms with Crippen molar-refractivity contribution >= 4 is 19.8 Å². The quantitative estimate of drug-likeness (QED) is 0.0264. The van der Waals surface area contributed by atoms with Gasteiger partial charge in [-0.05, 0) is 135 Å². The SMILES string of the molecule is CC/C=C\C/C=C\C/C=C\C/C=C\C/C=C\C/C=C\C/C=C\C/C=C\C/C=C\CCCC(=O)OC(COC(=O)CCCCCCC/C=C\C/C=C\C/C=C\C/C=C\C/C=C\C/C=C\C/C=C\CC)COP(=O)(O)OCCN. The molecule has 0 bridgehead atoms. The standard InChI is InChI=1S/C67H102NO8P/c1-3-5-7-9-11-13-15-17-19-21-23-25-27-29-31-32-34-36-38-40-42-44-46-48-50-52-54-56-58-60-67(70)76-65(64-75-77(71,72)74-62-61-68)63-73-66(69)59-57-55-53-51-49-47-45-43-41-39-37-35-33-30-28-26-24-22-20-18-16-14-12-10-8-6-4-2/h5-8,11-14,17-20,23-26,29-31,33-34,36-37,39-40,42-43,45-46,48,52,54,65H,3-4,9-10,15-16,21-22,27-28,32,35,38,41,44,47,49-51,53,55-64,68H2,1-2H3,(H,71,72)/b7-5-,8-6-,13-11-,14-12-,19-17-,20-18-,25-23-,26-24-,31-29-,33-30-,36-34-,39-37-,42-40-,45-43-,48-46-,54-52-. The Morgan fingerprint density at radius 1 is 0.390 bits per heavy atom. The Morgan fingerprint density at radius 2 is 0.688 bits per heavy atom. The molecule has 428 valence electrons. The summed E-state index contributed by atoms with van der Waals surface area (Å²) in [5.41, 5.74) is 5.37. The minimum atomic E-state index is -4.43. The van der Waals surface area contributed by atoms with Gasteiger partial charge in [-0.25, -0.2) is 4.57 Å². The second-order valence-electron chi connectivity index (χ2n) is 18.0. The van der Waals surface area contributed by atoms with E-state index in [9.17, 15) is 19.0 Å². The zero-order valence-electron chi connectivity index (χ0n) is 47.6. The Kier molecular flexibility index (Phi) is 56.1. The lowest BCUT2D eigenvalue weighted by molar-refractivity contribution is -0.161. The van der Waals surface area contributed by atoms with Crippen molar-refractivity contribution in [2.24, 2.45) is 5.73 Å². The molecule has 77 heavy (non-hydrogen) atoms. The molecule has 0 aromatic rings. The van der Waals surface area contributed by atoms with Crippen LogP contribution in [-0.2, 0) is 32.7 Å². The highest BCUT2D eigenvalue weighted by Gasteiger charge is 2.26. The lowest BCUT2D eigenvalue weighted by atomic mass is 10.1. The molecule has 0 aromatic heterocycles. The minimum Gasteiger partial charge on any atom is -0.462 e. The Bertz CT molecular complexity index is 1950. The summed E-state index contributed by atoms with van der Waals surface area (Å²) in [4.78, 5) is 35.2. The molecule has 0 saturated heterocycles. The average Bonchev–Trinajstić information content (AvgIpc) is 3.42. The molecule has 9 nitrogen and oxygen atoms in total. The van der Waals surface area contributed by atoms with Gasteiger partial charge in [-0.1, -0.05) is 228 Å². The van der Waals surface area contributed by atoms with Gasteiger partial charge in [0.2, 0.25) is 0 Å². The van der Waals surface area contributed by atoms with Gasteiger partial charge in [-0.3, -0.25) is 18.6 Å². The van der Waals surface area contributed by atoms with E-state index < -0.39 is 32.5 Å². The van der Waals surface area contributed by atoms with Crippen molar-refractivity contribution in [1.82, 2.24) is 0 Å². The molecule has 0 saturated carbocycles. The van der Waals surface area contributed by atoms with E-state index >= 15 is 0 Å². The van der Waals surface area contributed by atoms with Crippen molar-refractivity contribution in [1.29, 1.82) is 0 Å². The molecule has 0 radical (unpaired) electrons. The Labute approximate surface area is 468 Å². The fourth-order valence-corrected chi connectivity index (χ4v) is 7.56. The summed E-state index contributed by atoms with van der Waals surface area (Å²) >= 11 is 0. The Morgan fingerprint density at radius 3 is 1.04 bits per heavy atom. The van der Waals surface area contributed by atoms with Gasteiger partial charge in [0, 0.05) is 19.4 Å². The first-order valence-electron chi connectivity index (χ1n) is 28.9. The number of unbranched alkanes of at least 4 members (excludes halogenated alkanes) is 6. The second kappa shape index (κ2) is 60.1. The maximum absolute atomic E-state index is 12.7.